The van der Waals surface area contributed by atoms with Crippen molar-refractivity contribution < 1.29 is 8.94 Å². The summed E-state index contributed by atoms with van der Waals surface area (Å²) in [5, 5.41) is 10.2. The molecule has 0 saturated carbocycles. The maximum Gasteiger partial charge on any atom is 0.226 e. The molecule has 0 spiro atoms. The number of rotatable bonds is 7. The number of nitrogens with zero attached hydrogens (tertiary/aromatic N) is 4. The van der Waals surface area contributed by atoms with Crippen LogP contribution in [0.5, 0.6) is 0 Å². The Balaban J connectivity index is 1.42. The molecule has 0 aliphatic rings. The van der Waals surface area contributed by atoms with E-state index in [0.29, 0.717) is 30.1 Å². The average molecular weight is 354 g/mol. The largest absolute Gasteiger partial charge is 0.444 e. The standard InChI is InChI=1S/C18H22N6O2/c1-13-22-16(26-24-13)9-6-10-20-18(19-2)21-11-15-12-25-17(23-15)14-7-4-3-5-8-14/h3-5,7-8,12H,6,9-11H2,1-2H3,(H2,19,20,21). The van der Waals surface area contributed by atoms with Gasteiger partial charge in [0.1, 0.15) is 6.26 Å². The molecular formula is C18H22N6O2. The zero-order valence-corrected chi connectivity index (χ0v) is 14.9. The van der Waals surface area contributed by atoms with Gasteiger partial charge >= 0.3 is 0 Å². The molecule has 0 saturated heterocycles. The maximum atomic E-state index is 5.53. The third-order valence-electron chi connectivity index (χ3n) is 3.66. The van der Waals surface area contributed by atoms with Crippen LogP contribution in [0.2, 0.25) is 0 Å². The molecule has 2 heterocycles. The molecule has 3 rings (SSSR count). The summed E-state index contributed by atoms with van der Waals surface area (Å²) >= 11 is 0. The molecule has 2 N–H and O–H groups in total. The Morgan fingerprint density at radius 3 is 2.73 bits per heavy atom. The normalized spacial score (nSPS) is 11.5. The monoisotopic (exact) mass is 354 g/mol. The smallest absolute Gasteiger partial charge is 0.226 e. The first kappa shape index (κ1) is 17.7. The Morgan fingerprint density at radius 2 is 2.00 bits per heavy atom. The first-order valence-corrected chi connectivity index (χ1v) is 8.48. The highest BCUT2D eigenvalue weighted by Crippen LogP contribution is 2.17. The van der Waals surface area contributed by atoms with E-state index in [1.165, 1.54) is 0 Å². The number of benzene rings is 1. The highest BCUT2D eigenvalue weighted by atomic mass is 16.5. The predicted molar refractivity (Wildman–Crippen MR) is 97.5 cm³/mol. The lowest BCUT2D eigenvalue weighted by atomic mass is 10.2. The lowest BCUT2D eigenvalue weighted by Crippen LogP contribution is -2.37. The van der Waals surface area contributed by atoms with Crippen molar-refractivity contribution in [1.82, 2.24) is 25.8 Å². The van der Waals surface area contributed by atoms with E-state index in [0.717, 1.165) is 30.6 Å². The minimum absolute atomic E-state index is 0.527. The van der Waals surface area contributed by atoms with Crippen molar-refractivity contribution >= 4 is 5.96 Å². The van der Waals surface area contributed by atoms with E-state index in [-0.39, 0.29) is 0 Å². The minimum Gasteiger partial charge on any atom is -0.444 e. The van der Waals surface area contributed by atoms with E-state index in [4.69, 9.17) is 8.94 Å². The van der Waals surface area contributed by atoms with Crippen LogP contribution in [0.25, 0.3) is 11.5 Å². The predicted octanol–water partition coefficient (Wildman–Crippen LogP) is 2.33. The van der Waals surface area contributed by atoms with Gasteiger partial charge in [0.05, 0.1) is 12.2 Å². The molecule has 0 amide bonds. The number of aliphatic imine (C=N–C) groups is 1. The van der Waals surface area contributed by atoms with E-state index >= 15 is 0 Å². The van der Waals surface area contributed by atoms with Crippen LogP contribution >= 0.6 is 0 Å². The zero-order chi connectivity index (χ0) is 18.2. The fourth-order valence-electron chi connectivity index (χ4n) is 2.38. The van der Waals surface area contributed by atoms with Crippen molar-refractivity contribution in [3.63, 3.8) is 0 Å². The van der Waals surface area contributed by atoms with Gasteiger partial charge in [-0.25, -0.2) is 4.98 Å². The van der Waals surface area contributed by atoms with E-state index < -0.39 is 0 Å². The van der Waals surface area contributed by atoms with Crippen molar-refractivity contribution in [1.29, 1.82) is 0 Å². The van der Waals surface area contributed by atoms with Crippen molar-refractivity contribution in [3.05, 3.63) is 54.0 Å². The van der Waals surface area contributed by atoms with Crippen LogP contribution in [0.15, 0.2) is 50.5 Å². The summed E-state index contributed by atoms with van der Waals surface area (Å²) in [4.78, 5) is 12.9. The number of oxazole rings is 1. The fourth-order valence-corrected chi connectivity index (χ4v) is 2.38. The van der Waals surface area contributed by atoms with Crippen LogP contribution < -0.4 is 10.6 Å². The van der Waals surface area contributed by atoms with E-state index in [1.807, 2.05) is 37.3 Å². The molecular weight excluding hydrogens is 332 g/mol. The lowest BCUT2D eigenvalue weighted by Gasteiger charge is -2.10. The SMILES string of the molecule is CN=C(NCCCc1nc(C)no1)NCc1coc(-c2ccccc2)n1. The number of guanidine groups is 1. The van der Waals surface area contributed by atoms with Gasteiger partial charge in [0.2, 0.25) is 11.8 Å². The van der Waals surface area contributed by atoms with Gasteiger partial charge in [-0.2, -0.15) is 4.98 Å². The van der Waals surface area contributed by atoms with Crippen LogP contribution in [0.4, 0.5) is 0 Å². The van der Waals surface area contributed by atoms with Gasteiger partial charge in [0.25, 0.3) is 0 Å². The van der Waals surface area contributed by atoms with E-state index in [2.05, 4.69) is 30.8 Å². The van der Waals surface area contributed by atoms with Crippen LogP contribution in [-0.2, 0) is 13.0 Å². The second kappa shape index (κ2) is 8.80. The van der Waals surface area contributed by atoms with Crippen LogP contribution in [-0.4, -0.2) is 34.7 Å². The zero-order valence-electron chi connectivity index (χ0n) is 14.9. The Kier molecular flexibility index (Phi) is 5.97. The third-order valence-corrected chi connectivity index (χ3v) is 3.66. The Hall–Kier alpha value is -3.16. The van der Waals surface area contributed by atoms with Crippen LogP contribution in [0, 0.1) is 6.92 Å². The third kappa shape index (κ3) is 4.92. The summed E-state index contributed by atoms with van der Waals surface area (Å²) in [6.07, 6.45) is 3.25. The molecule has 3 aromatic rings. The maximum absolute atomic E-state index is 5.53. The molecule has 0 radical (unpaired) electrons. The van der Waals surface area contributed by atoms with Crippen LogP contribution in [0.3, 0.4) is 0 Å². The highest BCUT2D eigenvalue weighted by molar-refractivity contribution is 5.79. The summed E-state index contributed by atoms with van der Waals surface area (Å²) in [5.41, 5.74) is 1.77. The summed E-state index contributed by atoms with van der Waals surface area (Å²) in [6, 6.07) is 9.81. The summed E-state index contributed by atoms with van der Waals surface area (Å²) in [7, 11) is 1.73. The summed E-state index contributed by atoms with van der Waals surface area (Å²) in [5.74, 6) is 2.63. The second-order valence-corrected chi connectivity index (χ2v) is 5.70. The van der Waals surface area contributed by atoms with E-state index in [1.54, 1.807) is 13.3 Å². The molecule has 8 nitrogen and oxygen atoms in total. The number of nitrogens with one attached hydrogen (secondary N) is 2. The Morgan fingerprint density at radius 1 is 1.15 bits per heavy atom. The molecule has 1 aromatic carbocycles. The number of aryl methyl sites for hydroxylation is 2. The topological polar surface area (TPSA) is 101 Å². The van der Waals surface area contributed by atoms with Crippen molar-refractivity contribution in [3.8, 4) is 11.5 Å². The van der Waals surface area contributed by atoms with Gasteiger partial charge in [-0.15, -0.1) is 0 Å². The van der Waals surface area contributed by atoms with Gasteiger partial charge in [0.15, 0.2) is 11.8 Å². The highest BCUT2D eigenvalue weighted by Gasteiger charge is 2.07. The number of aromatic nitrogens is 3. The van der Waals surface area contributed by atoms with Gasteiger partial charge in [-0.3, -0.25) is 4.99 Å². The first-order chi connectivity index (χ1) is 12.7. The number of hydrogen-bond donors (Lipinski definition) is 2. The lowest BCUT2D eigenvalue weighted by molar-refractivity contribution is 0.372. The number of hydrogen-bond acceptors (Lipinski definition) is 6. The Bertz CT molecular complexity index is 840. The molecule has 8 heteroatoms. The van der Waals surface area contributed by atoms with E-state index in [9.17, 15) is 0 Å². The molecule has 0 aliphatic carbocycles. The molecule has 0 fully saturated rings. The van der Waals surface area contributed by atoms with Crippen molar-refractivity contribution in [2.24, 2.45) is 4.99 Å². The molecule has 0 bridgehead atoms. The van der Waals surface area contributed by atoms with Gasteiger partial charge in [-0.05, 0) is 25.5 Å². The summed E-state index contributed by atoms with van der Waals surface area (Å²) in [6.45, 7) is 3.08. The van der Waals surface area contributed by atoms with Gasteiger partial charge in [-0.1, -0.05) is 23.4 Å². The molecule has 2 aromatic heterocycles. The van der Waals surface area contributed by atoms with Crippen molar-refractivity contribution in [2.45, 2.75) is 26.3 Å². The van der Waals surface area contributed by atoms with Gasteiger partial charge < -0.3 is 19.6 Å². The quantitative estimate of drug-likeness (QED) is 0.381. The average Bonchev–Trinajstić information content (AvgIpc) is 3.31. The molecule has 26 heavy (non-hydrogen) atoms. The first-order valence-electron chi connectivity index (χ1n) is 8.48. The summed E-state index contributed by atoms with van der Waals surface area (Å²) < 4.78 is 10.6. The minimum atomic E-state index is 0.527. The molecule has 0 atom stereocenters. The second-order valence-electron chi connectivity index (χ2n) is 5.70. The Labute approximate surface area is 151 Å². The van der Waals surface area contributed by atoms with Gasteiger partial charge in [0, 0.05) is 25.6 Å². The fraction of sp³-hybridized carbons (Fsp3) is 0.333. The molecule has 0 aliphatic heterocycles. The molecule has 136 valence electrons. The van der Waals surface area contributed by atoms with Crippen molar-refractivity contribution in [2.75, 3.05) is 13.6 Å². The van der Waals surface area contributed by atoms with Crippen LogP contribution in [0.1, 0.15) is 23.8 Å². The molecule has 0 unspecified atom stereocenters.